The van der Waals surface area contributed by atoms with Crippen LogP contribution in [0.5, 0.6) is 17.2 Å². The average Bonchev–Trinajstić information content (AvgIpc) is 2.40. The highest BCUT2D eigenvalue weighted by Gasteiger charge is 2.52. The lowest BCUT2D eigenvalue weighted by molar-refractivity contribution is -0.0514. The van der Waals surface area contributed by atoms with E-state index in [2.05, 4.69) is 60.7 Å². The number of aliphatic hydroxyl groups is 1. The smallest absolute Gasteiger partial charge is 0.435 e. The standard InChI is InChI=1S/C29H29F2N5O3.C20H33BF2O4Si.C15H17F2NO/c1-29(2,38)27-33-14-21(15-34-27)17-7-9-23-24(12-17)36(35(3)26(23)37)16-20-11-18(8-10-25(20)39-28(30)31)22-6-4-5-19(22)13-32;1-18(2,3)28(8,9)24-13-14-12-15(10-11-16(14)25-17(22)23)21-26-19(4,5)20(6,7)27-21;1-2-10-8-11(6-7-14(10)19-15(16)17)13-5-3-4-12(13)9-18/h7-12,14-15,19,22,28,38H,4-6,16H2,1-3H3;10-12,17H,13H2,1-9H3;6-8,12-13,15H,2-5H2,1H3/t19-,22?;;/m1../s1. The monoisotopic (exact) mass is 1210 g/mol. The van der Waals surface area contributed by atoms with Crippen molar-refractivity contribution in [2.24, 2.45) is 18.9 Å². The summed E-state index contributed by atoms with van der Waals surface area (Å²) in [6.07, 6.45) is 9.44. The molecule has 0 radical (unpaired) electrons. The summed E-state index contributed by atoms with van der Waals surface area (Å²) in [5.41, 5.74) is 4.27. The van der Waals surface area contributed by atoms with E-state index >= 15 is 0 Å². The van der Waals surface area contributed by atoms with Crippen LogP contribution in [0.15, 0.2) is 90.0 Å². The Morgan fingerprint density at radius 3 is 1.67 bits per heavy atom. The molecule has 6 aromatic rings. The molecule has 3 heterocycles. The van der Waals surface area contributed by atoms with Crippen LogP contribution in [-0.4, -0.2) is 70.9 Å². The summed E-state index contributed by atoms with van der Waals surface area (Å²) >= 11 is 0. The lowest BCUT2D eigenvalue weighted by Crippen LogP contribution is -2.41. The molecule has 3 unspecified atom stereocenters. The van der Waals surface area contributed by atoms with Gasteiger partial charge in [-0.05, 0) is 168 Å². The highest BCUT2D eigenvalue weighted by molar-refractivity contribution is 6.74. The lowest BCUT2D eigenvalue weighted by Gasteiger charge is -2.36. The second kappa shape index (κ2) is 27.1. The van der Waals surface area contributed by atoms with Crippen LogP contribution >= 0.6 is 0 Å². The summed E-state index contributed by atoms with van der Waals surface area (Å²) in [5, 5.41) is 29.3. The molecule has 2 aliphatic carbocycles. The van der Waals surface area contributed by atoms with E-state index in [9.17, 15) is 41.5 Å². The van der Waals surface area contributed by atoms with E-state index in [0.29, 0.717) is 34.0 Å². The van der Waals surface area contributed by atoms with Gasteiger partial charge in [-0.1, -0.05) is 76.9 Å². The Balaban J connectivity index is 0.000000197. The molecule has 1 aliphatic heterocycles. The molecule has 1 saturated heterocycles. The molecule has 462 valence electrons. The first-order chi connectivity index (χ1) is 40.3. The van der Waals surface area contributed by atoms with Crippen LogP contribution in [0, 0.1) is 34.5 Å². The minimum absolute atomic E-state index is 0.0140. The molecule has 0 bridgehead atoms. The number of hydrogen-bond acceptors (Lipinski definition) is 12. The third kappa shape index (κ3) is 15.7. The molecule has 3 aliphatic rings. The zero-order chi connectivity index (χ0) is 63.3. The SMILES string of the molecule is CC1(C)OB(c2ccc(OC(F)F)c(CO[Si](C)(C)C(C)(C)C)c2)OC1(C)C.CCc1cc(C2CCCC2C#N)ccc1OC(F)F.Cn1c(=O)c2ccc(-c3cnc(C(C)(C)O)nc3)cc2n1Cc1cc(C2CCC[C@@H]2C#N)ccc1OC(F)F. The van der Waals surface area contributed by atoms with Gasteiger partial charge >= 0.3 is 27.0 Å². The van der Waals surface area contributed by atoms with Crippen LogP contribution < -0.4 is 25.2 Å². The number of halogens is 6. The normalized spacial score (nSPS) is 19.2. The van der Waals surface area contributed by atoms with Crippen molar-refractivity contribution in [3.8, 4) is 40.5 Å². The Kier molecular flexibility index (Phi) is 21.1. The number of ether oxygens (including phenoxy) is 3. The van der Waals surface area contributed by atoms with Gasteiger partial charge in [0.05, 0.1) is 59.2 Å². The predicted octanol–water partition coefficient (Wildman–Crippen LogP) is 14.4. The topological polar surface area (TPSA) is 176 Å². The highest BCUT2D eigenvalue weighted by Crippen LogP contribution is 2.43. The fourth-order valence-corrected chi connectivity index (χ4v) is 11.7. The number of rotatable bonds is 17. The Morgan fingerprint density at radius 2 is 1.20 bits per heavy atom. The third-order valence-electron chi connectivity index (χ3n) is 17.4. The van der Waals surface area contributed by atoms with Crippen LogP contribution in [0.3, 0.4) is 0 Å². The molecular weight excluding hydrogens is 1130 g/mol. The Labute approximate surface area is 501 Å². The summed E-state index contributed by atoms with van der Waals surface area (Å²) < 4.78 is 113. The van der Waals surface area contributed by atoms with E-state index < -0.39 is 52.1 Å². The van der Waals surface area contributed by atoms with Crippen molar-refractivity contribution < 1.29 is 59.4 Å². The largest absolute Gasteiger partial charge is 0.494 e. The molecule has 2 saturated carbocycles. The second-order valence-corrected chi connectivity index (χ2v) is 30.1. The minimum atomic E-state index is -3.00. The van der Waals surface area contributed by atoms with E-state index in [0.717, 1.165) is 66.2 Å². The summed E-state index contributed by atoms with van der Waals surface area (Å²) in [6.45, 7) is 15.3. The number of benzene rings is 4. The molecule has 1 N–H and O–H groups in total. The van der Waals surface area contributed by atoms with E-state index in [1.807, 2.05) is 58.9 Å². The average molecular weight is 1210 g/mol. The van der Waals surface area contributed by atoms with Gasteiger partial charge in [-0.25, -0.2) is 9.97 Å². The Bertz CT molecular complexity index is 3450. The van der Waals surface area contributed by atoms with Crippen LogP contribution in [-0.2, 0) is 46.0 Å². The van der Waals surface area contributed by atoms with E-state index in [1.54, 1.807) is 74.4 Å². The van der Waals surface area contributed by atoms with Gasteiger partial charge in [0, 0.05) is 36.1 Å². The first-order valence-corrected chi connectivity index (χ1v) is 31.9. The summed E-state index contributed by atoms with van der Waals surface area (Å²) in [4.78, 5) is 21.6. The first kappa shape index (κ1) is 66.8. The van der Waals surface area contributed by atoms with Crippen LogP contribution in [0.2, 0.25) is 18.1 Å². The van der Waals surface area contributed by atoms with Crippen molar-refractivity contribution in [3.05, 3.63) is 129 Å². The maximum Gasteiger partial charge on any atom is 0.494 e. The molecule has 86 heavy (non-hydrogen) atoms. The van der Waals surface area contributed by atoms with Gasteiger partial charge in [-0.15, -0.1) is 0 Å². The van der Waals surface area contributed by atoms with Crippen LogP contribution in [0.4, 0.5) is 26.3 Å². The maximum atomic E-state index is 13.3. The van der Waals surface area contributed by atoms with Crippen molar-refractivity contribution in [2.45, 2.75) is 194 Å². The van der Waals surface area contributed by atoms with E-state index in [-0.39, 0.29) is 70.5 Å². The van der Waals surface area contributed by atoms with Crippen molar-refractivity contribution >= 4 is 31.8 Å². The number of nitriles is 2. The quantitative estimate of drug-likeness (QED) is 0.0677. The molecule has 9 rings (SSSR count). The zero-order valence-electron chi connectivity index (χ0n) is 51.3. The van der Waals surface area contributed by atoms with E-state index in [4.69, 9.17) is 28.5 Å². The number of hydrogen-bond donors (Lipinski definition) is 1. The lowest BCUT2D eigenvalue weighted by atomic mass is 9.78. The van der Waals surface area contributed by atoms with Gasteiger partial charge in [0.25, 0.3) is 5.56 Å². The van der Waals surface area contributed by atoms with Crippen molar-refractivity contribution in [1.82, 2.24) is 19.3 Å². The van der Waals surface area contributed by atoms with Gasteiger partial charge in [-0.2, -0.15) is 36.9 Å². The molecule has 14 nitrogen and oxygen atoms in total. The molecule has 0 amide bonds. The second-order valence-electron chi connectivity index (χ2n) is 25.2. The van der Waals surface area contributed by atoms with Gasteiger partial charge in [-0.3, -0.25) is 14.2 Å². The summed E-state index contributed by atoms with van der Waals surface area (Å²) in [6, 6.07) is 25.5. The fraction of sp³-hybridized carbons (Fsp3) is 0.516. The number of fused-ring (bicyclic) bond motifs is 1. The van der Waals surface area contributed by atoms with Crippen molar-refractivity contribution in [3.63, 3.8) is 0 Å². The molecular formula is C64H79BF6N6O8Si. The van der Waals surface area contributed by atoms with Gasteiger partial charge in [0.15, 0.2) is 14.1 Å². The fourth-order valence-electron chi connectivity index (χ4n) is 10.7. The maximum absolute atomic E-state index is 13.3. The minimum Gasteiger partial charge on any atom is -0.435 e. The summed E-state index contributed by atoms with van der Waals surface area (Å²) in [5.74, 6) is 0.865. The van der Waals surface area contributed by atoms with Gasteiger partial charge in [0.1, 0.15) is 22.8 Å². The first-order valence-electron chi connectivity index (χ1n) is 29.0. The molecule has 22 heteroatoms. The van der Waals surface area contributed by atoms with Gasteiger partial charge in [0.2, 0.25) is 0 Å². The number of aromatic nitrogens is 4. The van der Waals surface area contributed by atoms with Crippen LogP contribution in [0.25, 0.3) is 22.0 Å². The number of aryl methyl sites for hydroxylation is 1. The molecule has 4 atom stereocenters. The van der Waals surface area contributed by atoms with Crippen molar-refractivity contribution in [2.75, 3.05) is 0 Å². The highest BCUT2D eigenvalue weighted by atomic mass is 28.4. The molecule has 3 fully saturated rings. The number of nitrogens with zero attached hydrogens (tertiary/aromatic N) is 6. The Hall–Kier alpha value is -6.69. The third-order valence-corrected chi connectivity index (χ3v) is 21.9. The summed E-state index contributed by atoms with van der Waals surface area (Å²) in [7, 11) is -0.995. The van der Waals surface area contributed by atoms with Crippen LogP contribution in [0.1, 0.15) is 153 Å². The van der Waals surface area contributed by atoms with E-state index in [1.165, 1.54) is 16.8 Å². The molecule has 0 spiro atoms. The van der Waals surface area contributed by atoms with Crippen molar-refractivity contribution in [1.29, 1.82) is 10.5 Å². The molecule has 2 aromatic heterocycles. The number of alkyl halides is 6. The predicted molar refractivity (Wildman–Crippen MR) is 320 cm³/mol. The molecule has 4 aromatic carbocycles. The van der Waals surface area contributed by atoms with Gasteiger partial charge < -0.3 is 33.1 Å². The zero-order valence-corrected chi connectivity index (χ0v) is 52.3. The Morgan fingerprint density at radius 1 is 0.709 bits per heavy atom.